The number of halogens is 3. The summed E-state index contributed by atoms with van der Waals surface area (Å²) in [4.78, 5) is 28.3. The van der Waals surface area contributed by atoms with Gasteiger partial charge in [0.1, 0.15) is 12.7 Å². The lowest BCUT2D eigenvalue weighted by molar-refractivity contribution is -0.0514. The average molecular weight is 424 g/mol. The normalized spacial score (nSPS) is 22.0. The van der Waals surface area contributed by atoms with Crippen LogP contribution in [-0.2, 0) is 16.2 Å². The standard InChI is InChI=1S/C16H17Cl3N2O5/c17-16(18,19)10-15(20-13(22)23)8-4-7-12(15)26-21-14(24)25-9-11-5-2-1-3-6-11/h1-6,8,12,20H,7,9-10H2,(H,21,24)(H,22,23). The number of ether oxygens (including phenoxy) is 1. The summed E-state index contributed by atoms with van der Waals surface area (Å²) in [6, 6.07) is 9.09. The molecule has 142 valence electrons. The van der Waals surface area contributed by atoms with E-state index in [-0.39, 0.29) is 13.0 Å². The SMILES string of the molecule is O=C(O)NC1(CC(Cl)(Cl)Cl)C=CCC1ONC(=O)OCc1ccccc1. The highest BCUT2D eigenvalue weighted by Gasteiger charge is 2.47. The van der Waals surface area contributed by atoms with Crippen LogP contribution >= 0.6 is 34.8 Å². The maximum Gasteiger partial charge on any atom is 0.431 e. The molecule has 0 fully saturated rings. The van der Waals surface area contributed by atoms with Crippen LogP contribution in [0.3, 0.4) is 0 Å². The van der Waals surface area contributed by atoms with Crippen molar-refractivity contribution in [3.63, 3.8) is 0 Å². The van der Waals surface area contributed by atoms with E-state index in [1.54, 1.807) is 24.3 Å². The van der Waals surface area contributed by atoms with Crippen molar-refractivity contribution in [1.29, 1.82) is 0 Å². The third kappa shape index (κ3) is 6.25. The highest BCUT2D eigenvalue weighted by molar-refractivity contribution is 6.67. The Hall–Kier alpha value is -1.67. The monoisotopic (exact) mass is 422 g/mol. The Morgan fingerprint density at radius 2 is 1.96 bits per heavy atom. The second-order valence-corrected chi connectivity index (χ2v) is 8.19. The van der Waals surface area contributed by atoms with Crippen LogP contribution < -0.4 is 10.8 Å². The third-order valence-corrected chi connectivity index (χ3v) is 4.07. The van der Waals surface area contributed by atoms with E-state index in [0.29, 0.717) is 6.42 Å². The third-order valence-electron chi connectivity index (χ3n) is 3.67. The molecule has 0 bridgehead atoms. The Morgan fingerprint density at radius 3 is 2.58 bits per heavy atom. The molecule has 2 unspecified atom stereocenters. The molecule has 0 aliphatic heterocycles. The van der Waals surface area contributed by atoms with Gasteiger partial charge in [-0.05, 0) is 12.0 Å². The fourth-order valence-corrected chi connectivity index (χ4v) is 3.28. The predicted octanol–water partition coefficient (Wildman–Crippen LogP) is 3.94. The minimum atomic E-state index is -1.73. The Balaban J connectivity index is 1.93. The minimum absolute atomic E-state index is 0.0611. The number of rotatable bonds is 6. The Kier molecular flexibility index (Phi) is 7.00. The van der Waals surface area contributed by atoms with Gasteiger partial charge in [0.25, 0.3) is 0 Å². The molecule has 0 saturated heterocycles. The molecule has 0 aromatic heterocycles. The highest BCUT2D eigenvalue weighted by atomic mass is 35.6. The van der Waals surface area contributed by atoms with E-state index in [9.17, 15) is 9.59 Å². The van der Waals surface area contributed by atoms with Crippen LogP contribution in [0, 0.1) is 0 Å². The quantitative estimate of drug-likeness (QED) is 0.366. The van der Waals surface area contributed by atoms with Crippen molar-refractivity contribution in [2.75, 3.05) is 0 Å². The molecule has 1 aliphatic carbocycles. The number of carbonyl (C=O) groups is 2. The fourth-order valence-electron chi connectivity index (χ4n) is 2.61. The number of carboxylic acid groups (broad SMARTS) is 1. The van der Waals surface area contributed by atoms with Crippen molar-refractivity contribution in [3.8, 4) is 0 Å². The molecule has 0 radical (unpaired) electrons. The molecular formula is C16H17Cl3N2O5. The van der Waals surface area contributed by atoms with Crippen LogP contribution in [0.1, 0.15) is 18.4 Å². The lowest BCUT2D eigenvalue weighted by Crippen LogP contribution is -2.57. The van der Waals surface area contributed by atoms with Crippen molar-refractivity contribution in [1.82, 2.24) is 10.8 Å². The van der Waals surface area contributed by atoms with E-state index >= 15 is 0 Å². The number of hydrogen-bond donors (Lipinski definition) is 3. The van der Waals surface area contributed by atoms with Gasteiger partial charge in [0, 0.05) is 6.42 Å². The lowest BCUT2D eigenvalue weighted by Gasteiger charge is -2.35. The molecule has 2 rings (SSSR count). The van der Waals surface area contributed by atoms with Gasteiger partial charge < -0.3 is 15.2 Å². The molecule has 10 heteroatoms. The summed E-state index contributed by atoms with van der Waals surface area (Å²) in [5, 5.41) is 11.4. The topological polar surface area (TPSA) is 96.9 Å². The van der Waals surface area contributed by atoms with Crippen LogP contribution in [0.2, 0.25) is 0 Å². The van der Waals surface area contributed by atoms with Crippen LogP contribution in [0.5, 0.6) is 0 Å². The van der Waals surface area contributed by atoms with Crippen molar-refractivity contribution in [2.45, 2.75) is 34.9 Å². The summed E-state index contributed by atoms with van der Waals surface area (Å²) in [6.07, 6.45) is 0.403. The van der Waals surface area contributed by atoms with Crippen molar-refractivity contribution in [2.24, 2.45) is 0 Å². The molecule has 1 aromatic carbocycles. The molecule has 0 spiro atoms. The summed E-state index contributed by atoms with van der Waals surface area (Å²) >= 11 is 17.5. The van der Waals surface area contributed by atoms with Crippen LogP contribution in [-0.4, -0.2) is 32.7 Å². The van der Waals surface area contributed by atoms with E-state index in [0.717, 1.165) is 5.56 Å². The number of amides is 2. The zero-order chi connectivity index (χ0) is 19.2. The van der Waals surface area contributed by atoms with Crippen LogP contribution in [0.15, 0.2) is 42.5 Å². The maximum atomic E-state index is 11.8. The molecule has 3 N–H and O–H groups in total. The first-order chi connectivity index (χ1) is 12.2. The molecule has 26 heavy (non-hydrogen) atoms. The number of benzene rings is 1. The van der Waals surface area contributed by atoms with Gasteiger partial charge in [-0.15, -0.1) is 0 Å². The van der Waals surface area contributed by atoms with E-state index < -0.39 is 27.6 Å². The van der Waals surface area contributed by atoms with E-state index in [2.05, 4.69) is 10.8 Å². The molecule has 0 saturated carbocycles. The summed E-state index contributed by atoms with van der Waals surface area (Å²) in [5.74, 6) is 0. The van der Waals surface area contributed by atoms with E-state index in [1.807, 2.05) is 18.2 Å². The second-order valence-electron chi connectivity index (χ2n) is 5.67. The molecule has 2 atom stereocenters. The maximum absolute atomic E-state index is 11.8. The molecular weight excluding hydrogens is 407 g/mol. The summed E-state index contributed by atoms with van der Waals surface area (Å²) in [6.45, 7) is 0.0611. The zero-order valence-electron chi connectivity index (χ0n) is 13.5. The Labute approximate surface area is 165 Å². The van der Waals surface area contributed by atoms with Gasteiger partial charge in [-0.1, -0.05) is 77.3 Å². The number of alkyl halides is 3. The van der Waals surface area contributed by atoms with Gasteiger partial charge in [0.05, 0.1) is 5.54 Å². The summed E-state index contributed by atoms with van der Waals surface area (Å²) < 4.78 is 3.30. The second kappa shape index (κ2) is 8.81. The largest absolute Gasteiger partial charge is 0.465 e. The fraction of sp³-hybridized carbons (Fsp3) is 0.375. The van der Waals surface area contributed by atoms with Gasteiger partial charge in [-0.3, -0.25) is 4.84 Å². The van der Waals surface area contributed by atoms with Gasteiger partial charge >= 0.3 is 12.2 Å². The number of hydrogen-bond acceptors (Lipinski definition) is 4. The molecule has 2 amide bonds. The van der Waals surface area contributed by atoms with Gasteiger partial charge in [-0.2, -0.15) is 5.48 Å². The zero-order valence-corrected chi connectivity index (χ0v) is 15.7. The average Bonchev–Trinajstić information content (AvgIpc) is 2.91. The Bertz CT molecular complexity index is 666. The number of carbonyl (C=O) groups excluding carboxylic acids is 1. The first-order valence-corrected chi connectivity index (χ1v) is 8.71. The first kappa shape index (κ1) is 20.6. The van der Waals surface area contributed by atoms with Gasteiger partial charge in [-0.25, -0.2) is 9.59 Å². The van der Waals surface area contributed by atoms with Crippen molar-refractivity contribution >= 4 is 47.0 Å². The summed E-state index contributed by atoms with van der Waals surface area (Å²) in [7, 11) is 0. The molecule has 7 nitrogen and oxygen atoms in total. The van der Waals surface area contributed by atoms with Crippen molar-refractivity contribution in [3.05, 3.63) is 48.0 Å². The lowest BCUT2D eigenvalue weighted by atomic mass is 9.92. The number of nitrogens with one attached hydrogen (secondary N) is 2. The van der Waals surface area contributed by atoms with Gasteiger partial charge in [0.2, 0.25) is 0 Å². The highest BCUT2D eigenvalue weighted by Crippen LogP contribution is 2.40. The molecule has 0 heterocycles. The number of hydroxylamine groups is 1. The first-order valence-electron chi connectivity index (χ1n) is 7.58. The predicted molar refractivity (Wildman–Crippen MR) is 97.2 cm³/mol. The summed E-state index contributed by atoms with van der Waals surface area (Å²) in [5.41, 5.74) is 1.65. The smallest absolute Gasteiger partial charge is 0.431 e. The van der Waals surface area contributed by atoms with Gasteiger partial charge in [0.15, 0.2) is 3.79 Å². The molecule has 1 aliphatic rings. The van der Waals surface area contributed by atoms with E-state index in [1.165, 1.54) is 0 Å². The van der Waals surface area contributed by atoms with Crippen LogP contribution in [0.25, 0.3) is 0 Å². The van der Waals surface area contributed by atoms with Crippen molar-refractivity contribution < 1.29 is 24.3 Å². The molecule has 1 aromatic rings. The Morgan fingerprint density at radius 1 is 1.27 bits per heavy atom. The minimum Gasteiger partial charge on any atom is -0.465 e. The van der Waals surface area contributed by atoms with Crippen LogP contribution in [0.4, 0.5) is 9.59 Å². The van der Waals surface area contributed by atoms with E-state index in [4.69, 9.17) is 49.5 Å².